The topological polar surface area (TPSA) is 92.2 Å². The summed E-state index contributed by atoms with van der Waals surface area (Å²) in [4.78, 5) is 40.5. The number of carbonyl (C=O) groups is 2. The number of amides is 1. The molecule has 142 valence electrons. The average molecular weight is 368 g/mol. The molecule has 2 aliphatic carbocycles. The highest BCUT2D eigenvalue weighted by Crippen LogP contribution is 2.31. The number of hydrogen-bond acceptors (Lipinski definition) is 4. The van der Waals surface area contributed by atoms with Gasteiger partial charge in [0, 0.05) is 29.6 Å². The van der Waals surface area contributed by atoms with Crippen LogP contribution in [0.5, 0.6) is 0 Å². The van der Waals surface area contributed by atoms with Crippen molar-refractivity contribution in [2.24, 2.45) is 0 Å². The molecule has 0 unspecified atom stereocenters. The molecule has 1 fully saturated rings. The van der Waals surface area contributed by atoms with E-state index in [2.05, 4.69) is 10.3 Å². The number of aromatic nitrogens is 1. The Labute approximate surface area is 157 Å². The Kier molecular flexibility index (Phi) is 4.97. The second kappa shape index (κ2) is 7.55. The zero-order valence-corrected chi connectivity index (χ0v) is 15.3. The molecular weight excluding hydrogens is 344 g/mol. The minimum absolute atomic E-state index is 0.0304. The van der Waals surface area contributed by atoms with E-state index in [0.717, 1.165) is 31.4 Å². The van der Waals surface area contributed by atoms with Gasteiger partial charge in [0.05, 0.1) is 6.26 Å². The van der Waals surface area contributed by atoms with E-state index in [9.17, 15) is 14.4 Å². The van der Waals surface area contributed by atoms with Gasteiger partial charge in [-0.3, -0.25) is 14.4 Å². The molecule has 0 aliphatic heterocycles. The molecule has 0 spiro atoms. The third-order valence-electron chi connectivity index (χ3n) is 5.69. The molecule has 0 radical (unpaired) electrons. The standard InChI is InChI=1S/C21H24N2O4/c24-18-11-13(19-8-5-9-27-19)10-17-15(18)12-16(21(26)23-17)20(25)22-14-6-3-1-2-4-7-14/h5,8-9,12-14H,1-4,6-7,10-11H2,(H,22,25)(H,23,26)/t13-/m0/s1. The van der Waals surface area contributed by atoms with Crippen molar-refractivity contribution in [1.82, 2.24) is 10.3 Å². The summed E-state index contributed by atoms with van der Waals surface area (Å²) < 4.78 is 5.41. The maximum Gasteiger partial charge on any atom is 0.261 e. The van der Waals surface area contributed by atoms with Crippen LogP contribution in [-0.4, -0.2) is 22.7 Å². The molecule has 1 saturated carbocycles. The lowest BCUT2D eigenvalue weighted by Crippen LogP contribution is -2.38. The lowest BCUT2D eigenvalue weighted by Gasteiger charge is -2.22. The summed E-state index contributed by atoms with van der Waals surface area (Å²) in [7, 11) is 0. The Morgan fingerprint density at radius 1 is 1.11 bits per heavy atom. The minimum atomic E-state index is -0.437. The van der Waals surface area contributed by atoms with Gasteiger partial charge in [0.2, 0.25) is 0 Å². The molecule has 27 heavy (non-hydrogen) atoms. The first-order valence-corrected chi connectivity index (χ1v) is 9.75. The Morgan fingerprint density at radius 2 is 1.89 bits per heavy atom. The highest BCUT2D eigenvalue weighted by atomic mass is 16.3. The van der Waals surface area contributed by atoms with Crippen LogP contribution in [0.4, 0.5) is 0 Å². The number of Topliss-reactive ketones (excluding diaryl/α,β-unsaturated/α-hetero) is 1. The fourth-order valence-corrected chi connectivity index (χ4v) is 4.21. The van der Waals surface area contributed by atoms with E-state index < -0.39 is 5.56 Å². The van der Waals surface area contributed by atoms with Crippen molar-refractivity contribution in [3.05, 3.63) is 57.4 Å². The van der Waals surface area contributed by atoms with Crippen LogP contribution in [0.2, 0.25) is 0 Å². The van der Waals surface area contributed by atoms with Crippen molar-refractivity contribution >= 4 is 11.7 Å². The summed E-state index contributed by atoms with van der Waals surface area (Å²) in [5.74, 6) is 0.204. The first kappa shape index (κ1) is 17.8. The van der Waals surface area contributed by atoms with Crippen LogP contribution in [0.3, 0.4) is 0 Å². The maximum atomic E-state index is 12.6. The van der Waals surface area contributed by atoms with Gasteiger partial charge in [0.15, 0.2) is 5.78 Å². The number of nitrogens with one attached hydrogen (secondary N) is 2. The van der Waals surface area contributed by atoms with Crippen LogP contribution in [-0.2, 0) is 6.42 Å². The van der Waals surface area contributed by atoms with Crippen LogP contribution in [0, 0.1) is 0 Å². The predicted octanol–water partition coefficient (Wildman–Crippen LogP) is 3.33. The summed E-state index contributed by atoms with van der Waals surface area (Å²) in [5.41, 5.74) is 0.627. The van der Waals surface area contributed by atoms with Gasteiger partial charge in [-0.15, -0.1) is 0 Å². The number of hydrogen-bond donors (Lipinski definition) is 2. The number of carbonyl (C=O) groups excluding carboxylic acids is 2. The molecule has 2 aliphatic rings. The fraction of sp³-hybridized carbons (Fsp3) is 0.476. The summed E-state index contributed by atoms with van der Waals surface area (Å²) >= 11 is 0. The summed E-state index contributed by atoms with van der Waals surface area (Å²) in [6.07, 6.45) is 8.88. The molecule has 1 amide bonds. The van der Waals surface area contributed by atoms with E-state index in [1.807, 2.05) is 6.07 Å². The monoisotopic (exact) mass is 368 g/mol. The van der Waals surface area contributed by atoms with Gasteiger partial charge in [0.1, 0.15) is 11.3 Å². The third kappa shape index (κ3) is 3.75. The van der Waals surface area contributed by atoms with Crippen molar-refractivity contribution in [2.45, 2.75) is 63.3 Å². The number of ketones is 1. The van der Waals surface area contributed by atoms with Crippen LogP contribution >= 0.6 is 0 Å². The van der Waals surface area contributed by atoms with Gasteiger partial charge in [-0.25, -0.2) is 0 Å². The Hall–Kier alpha value is -2.63. The Balaban J connectivity index is 1.56. The SMILES string of the molecule is O=C1C[C@@H](c2ccco2)Cc2[nH]c(=O)c(C(=O)NC3CCCCCC3)cc21. The Bertz CT molecular complexity index is 889. The first-order chi connectivity index (χ1) is 13.1. The lowest BCUT2D eigenvalue weighted by molar-refractivity contribution is 0.0931. The van der Waals surface area contributed by atoms with Gasteiger partial charge in [0.25, 0.3) is 11.5 Å². The van der Waals surface area contributed by atoms with Gasteiger partial charge in [-0.1, -0.05) is 25.7 Å². The van der Waals surface area contributed by atoms with Crippen molar-refractivity contribution in [2.75, 3.05) is 0 Å². The zero-order valence-electron chi connectivity index (χ0n) is 15.3. The smallest absolute Gasteiger partial charge is 0.261 e. The fourth-order valence-electron chi connectivity index (χ4n) is 4.21. The second-order valence-corrected chi connectivity index (χ2v) is 7.61. The number of fused-ring (bicyclic) bond motifs is 1. The van der Waals surface area contributed by atoms with E-state index in [1.165, 1.54) is 18.9 Å². The molecule has 6 heteroatoms. The van der Waals surface area contributed by atoms with E-state index in [4.69, 9.17) is 4.42 Å². The number of pyridine rings is 1. The highest BCUT2D eigenvalue weighted by Gasteiger charge is 2.30. The van der Waals surface area contributed by atoms with Crippen molar-refractivity contribution < 1.29 is 14.0 Å². The van der Waals surface area contributed by atoms with Crippen LogP contribution in [0.25, 0.3) is 0 Å². The van der Waals surface area contributed by atoms with Gasteiger partial charge in [-0.05, 0) is 37.5 Å². The number of aromatic amines is 1. The van der Waals surface area contributed by atoms with Crippen LogP contribution < -0.4 is 10.9 Å². The van der Waals surface area contributed by atoms with E-state index in [0.29, 0.717) is 24.1 Å². The molecular formula is C21H24N2O4. The molecule has 1 atom stereocenters. The molecule has 6 nitrogen and oxygen atoms in total. The molecule has 4 rings (SSSR count). The summed E-state index contributed by atoms with van der Waals surface area (Å²) in [6, 6.07) is 5.21. The van der Waals surface area contributed by atoms with Gasteiger partial charge in [-0.2, -0.15) is 0 Å². The Morgan fingerprint density at radius 3 is 2.59 bits per heavy atom. The first-order valence-electron chi connectivity index (χ1n) is 9.75. The third-order valence-corrected chi connectivity index (χ3v) is 5.69. The largest absolute Gasteiger partial charge is 0.469 e. The van der Waals surface area contributed by atoms with E-state index >= 15 is 0 Å². The normalized spacial score (nSPS) is 20.7. The van der Waals surface area contributed by atoms with E-state index in [1.54, 1.807) is 12.3 Å². The average Bonchev–Trinajstić information content (AvgIpc) is 3.07. The molecule has 2 aromatic rings. The number of H-pyrrole nitrogens is 1. The summed E-state index contributed by atoms with van der Waals surface area (Å²) in [5, 5.41) is 2.98. The lowest BCUT2D eigenvalue weighted by atomic mass is 9.84. The minimum Gasteiger partial charge on any atom is -0.469 e. The predicted molar refractivity (Wildman–Crippen MR) is 100 cm³/mol. The van der Waals surface area contributed by atoms with E-state index in [-0.39, 0.29) is 29.2 Å². The van der Waals surface area contributed by atoms with Crippen LogP contribution in [0.15, 0.2) is 33.7 Å². The molecule has 2 N–H and O–H groups in total. The molecule has 0 bridgehead atoms. The number of rotatable bonds is 3. The second-order valence-electron chi connectivity index (χ2n) is 7.61. The highest BCUT2D eigenvalue weighted by molar-refractivity contribution is 6.02. The number of furan rings is 1. The molecule has 0 saturated heterocycles. The molecule has 2 aromatic heterocycles. The van der Waals surface area contributed by atoms with Crippen molar-refractivity contribution in [1.29, 1.82) is 0 Å². The van der Waals surface area contributed by atoms with Crippen LogP contribution in [0.1, 0.15) is 83.0 Å². The van der Waals surface area contributed by atoms with Gasteiger partial charge >= 0.3 is 0 Å². The molecule has 2 heterocycles. The zero-order chi connectivity index (χ0) is 18.8. The van der Waals surface area contributed by atoms with Crippen molar-refractivity contribution in [3.63, 3.8) is 0 Å². The molecule has 0 aromatic carbocycles. The van der Waals surface area contributed by atoms with Gasteiger partial charge < -0.3 is 14.7 Å². The maximum absolute atomic E-state index is 12.6. The summed E-state index contributed by atoms with van der Waals surface area (Å²) in [6.45, 7) is 0. The van der Waals surface area contributed by atoms with Crippen molar-refractivity contribution in [3.8, 4) is 0 Å². The quantitative estimate of drug-likeness (QED) is 0.813.